The number of ether oxygens (including phenoxy) is 1. The number of amides is 1. The molecule has 1 aliphatic rings. The number of benzene rings is 2. The Balaban J connectivity index is 1.59. The van der Waals surface area contributed by atoms with Crippen LogP contribution < -0.4 is 16.0 Å². The fourth-order valence-electron chi connectivity index (χ4n) is 4.99. The van der Waals surface area contributed by atoms with E-state index in [1.807, 2.05) is 0 Å². The Morgan fingerprint density at radius 2 is 1.71 bits per heavy atom. The Hall–Kier alpha value is -4.48. The van der Waals surface area contributed by atoms with E-state index in [2.05, 4.69) is 4.98 Å². The third kappa shape index (κ3) is 5.72. The molecule has 0 N–H and O–H groups in total. The number of rotatable bonds is 9. The Kier molecular flexibility index (Phi) is 8.18. The van der Waals surface area contributed by atoms with Gasteiger partial charge >= 0.3 is 5.69 Å². The minimum Gasteiger partial charge on any atom is -0.482 e. The molecule has 2 aromatic carbocycles. The second kappa shape index (κ2) is 11.9. The van der Waals surface area contributed by atoms with Crippen LogP contribution in [-0.2, 0) is 11.3 Å². The molecule has 0 aliphatic carbocycles. The van der Waals surface area contributed by atoms with Crippen LogP contribution in [0.5, 0.6) is 5.75 Å². The fraction of sp³-hybridized carbons (Fsp3) is 0.310. The largest absolute Gasteiger partial charge is 0.482 e. The van der Waals surface area contributed by atoms with Crippen molar-refractivity contribution in [1.82, 2.24) is 19.0 Å². The number of alkyl halides is 2. The summed E-state index contributed by atoms with van der Waals surface area (Å²) < 4.78 is 62.0. The summed E-state index contributed by atoms with van der Waals surface area (Å²) in [5.41, 5.74) is 0.368. The standard InChI is InChI=1S/C29H26F4N4O4/c30-13-22(14-31)41-27-11-23-26(12-24(27)33)37(21-7-9-35(17-38)10-8-21)29(40)36(28(23)39)16-18-1-6-25(34-15-18)19-2-4-20(32)5-3-19/h1-6,11-12,15,17,21-22H,7-10,13-14,16H2. The van der Waals surface area contributed by atoms with Crippen molar-refractivity contribution in [2.75, 3.05) is 26.4 Å². The number of hydrogen-bond donors (Lipinski definition) is 0. The summed E-state index contributed by atoms with van der Waals surface area (Å²) in [6.45, 7) is -1.83. The quantitative estimate of drug-likeness (QED) is 0.224. The molecule has 0 unspecified atom stereocenters. The third-order valence-corrected chi connectivity index (χ3v) is 7.18. The van der Waals surface area contributed by atoms with E-state index in [-0.39, 0.29) is 23.3 Å². The van der Waals surface area contributed by atoms with E-state index in [4.69, 9.17) is 4.74 Å². The number of nitrogens with zero attached hydrogens (tertiary/aromatic N) is 4. The van der Waals surface area contributed by atoms with Gasteiger partial charge in [-0.15, -0.1) is 0 Å². The van der Waals surface area contributed by atoms with Crippen LogP contribution in [0, 0.1) is 11.6 Å². The Bertz CT molecular complexity index is 1660. The van der Waals surface area contributed by atoms with Crippen molar-refractivity contribution in [2.45, 2.75) is 31.5 Å². The van der Waals surface area contributed by atoms with Gasteiger partial charge in [0.15, 0.2) is 17.7 Å². The minimum absolute atomic E-state index is 0.0208. The lowest BCUT2D eigenvalue weighted by atomic mass is 10.0. The summed E-state index contributed by atoms with van der Waals surface area (Å²) in [5, 5.41) is -0.0637. The van der Waals surface area contributed by atoms with Crippen LogP contribution in [-0.4, -0.2) is 58.0 Å². The highest BCUT2D eigenvalue weighted by Gasteiger charge is 2.26. The van der Waals surface area contributed by atoms with Gasteiger partial charge in [-0.25, -0.2) is 22.4 Å². The fourth-order valence-corrected chi connectivity index (χ4v) is 4.99. The SMILES string of the molecule is O=CN1CCC(n2c(=O)n(Cc3ccc(-c4ccc(F)cc4)nc3)c(=O)c3cc(OC(CF)CF)c(F)cc32)CC1. The molecule has 12 heteroatoms. The zero-order valence-electron chi connectivity index (χ0n) is 21.8. The molecule has 4 aromatic rings. The molecule has 0 radical (unpaired) electrons. The van der Waals surface area contributed by atoms with Gasteiger partial charge in [-0.3, -0.25) is 23.7 Å². The molecule has 1 aliphatic heterocycles. The molecule has 41 heavy (non-hydrogen) atoms. The minimum atomic E-state index is -1.55. The van der Waals surface area contributed by atoms with Gasteiger partial charge in [-0.05, 0) is 54.8 Å². The summed E-state index contributed by atoms with van der Waals surface area (Å²) in [7, 11) is 0. The number of fused-ring (bicyclic) bond motifs is 1. The molecule has 1 saturated heterocycles. The van der Waals surface area contributed by atoms with Crippen molar-refractivity contribution in [2.24, 2.45) is 0 Å². The summed E-state index contributed by atoms with van der Waals surface area (Å²) in [6, 6.07) is 10.7. The zero-order valence-corrected chi connectivity index (χ0v) is 21.8. The smallest absolute Gasteiger partial charge is 0.332 e. The Labute approximate surface area is 231 Å². The van der Waals surface area contributed by atoms with Crippen LogP contribution in [0.2, 0.25) is 0 Å². The highest BCUT2D eigenvalue weighted by atomic mass is 19.1. The molecule has 5 rings (SSSR count). The van der Waals surface area contributed by atoms with E-state index in [9.17, 15) is 27.6 Å². The summed E-state index contributed by atoms with van der Waals surface area (Å²) in [6.07, 6.45) is 1.45. The van der Waals surface area contributed by atoms with Gasteiger partial charge in [-0.1, -0.05) is 6.07 Å². The molecule has 8 nitrogen and oxygen atoms in total. The second-order valence-corrected chi connectivity index (χ2v) is 9.82. The number of carbonyl (C=O) groups excluding carboxylic acids is 1. The van der Waals surface area contributed by atoms with E-state index < -0.39 is 48.3 Å². The number of hydrogen-bond acceptors (Lipinski definition) is 5. The first-order valence-electron chi connectivity index (χ1n) is 13.0. The highest BCUT2D eigenvalue weighted by Crippen LogP contribution is 2.28. The lowest BCUT2D eigenvalue weighted by Crippen LogP contribution is -2.44. The van der Waals surface area contributed by atoms with Gasteiger partial charge in [0, 0.05) is 37.0 Å². The van der Waals surface area contributed by atoms with Crippen LogP contribution in [0.4, 0.5) is 17.6 Å². The van der Waals surface area contributed by atoms with Gasteiger partial charge in [0.2, 0.25) is 6.41 Å². The molecule has 0 spiro atoms. The average Bonchev–Trinajstić information content (AvgIpc) is 2.99. The van der Waals surface area contributed by atoms with Crippen LogP contribution >= 0.6 is 0 Å². The van der Waals surface area contributed by atoms with E-state index in [1.165, 1.54) is 22.9 Å². The second-order valence-electron chi connectivity index (χ2n) is 9.82. The molecule has 214 valence electrons. The lowest BCUT2D eigenvalue weighted by Gasteiger charge is -2.31. The van der Waals surface area contributed by atoms with Crippen LogP contribution in [0.3, 0.4) is 0 Å². The van der Waals surface area contributed by atoms with E-state index in [0.29, 0.717) is 42.8 Å². The molecule has 1 amide bonds. The van der Waals surface area contributed by atoms with Gasteiger partial charge in [0.1, 0.15) is 19.2 Å². The van der Waals surface area contributed by atoms with Gasteiger partial charge < -0.3 is 9.64 Å². The highest BCUT2D eigenvalue weighted by molar-refractivity contribution is 5.80. The summed E-state index contributed by atoms with van der Waals surface area (Å²) >= 11 is 0. The number of halogens is 4. The predicted octanol–water partition coefficient (Wildman–Crippen LogP) is 4.03. The third-order valence-electron chi connectivity index (χ3n) is 7.18. The monoisotopic (exact) mass is 570 g/mol. The normalized spacial score (nSPS) is 14.1. The molecule has 2 aromatic heterocycles. The summed E-state index contributed by atoms with van der Waals surface area (Å²) in [4.78, 5) is 44.5. The predicted molar refractivity (Wildman–Crippen MR) is 143 cm³/mol. The molecule has 1 fully saturated rings. The first-order valence-corrected chi connectivity index (χ1v) is 13.0. The van der Waals surface area contributed by atoms with E-state index in [0.717, 1.165) is 23.1 Å². The van der Waals surface area contributed by atoms with Crippen molar-refractivity contribution >= 4 is 17.3 Å². The number of piperidine rings is 1. The van der Waals surface area contributed by atoms with Crippen molar-refractivity contribution < 1.29 is 27.1 Å². The Morgan fingerprint density at radius 3 is 2.32 bits per heavy atom. The van der Waals surface area contributed by atoms with Crippen molar-refractivity contribution in [1.29, 1.82) is 0 Å². The summed E-state index contributed by atoms with van der Waals surface area (Å²) in [5.74, 6) is -1.86. The van der Waals surface area contributed by atoms with Gasteiger partial charge in [-0.2, -0.15) is 0 Å². The molecule has 0 bridgehead atoms. The Morgan fingerprint density at radius 1 is 1.00 bits per heavy atom. The maximum absolute atomic E-state index is 15.0. The molecule has 3 heterocycles. The maximum Gasteiger partial charge on any atom is 0.332 e. The lowest BCUT2D eigenvalue weighted by molar-refractivity contribution is -0.119. The number of aromatic nitrogens is 3. The molecule has 0 saturated carbocycles. The van der Waals surface area contributed by atoms with Crippen molar-refractivity contribution in [3.8, 4) is 17.0 Å². The molecular formula is C29H26F4N4O4. The van der Waals surface area contributed by atoms with Crippen LogP contribution in [0.1, 0.15) is 24.4 Å². The molecule has 0 atom stereocenters. The van der Waals surface area contributed by atoms with E-state index >= 15 is 4.39 Å². The molecular weight excluding hydrogens is 544 g/mol. The average molecular weight is 571 g/mol. The van der Waals surface area contributed by atoms with Crippen molar-refractivity contribution in [3.63, 3.8) is 0 Å². The van der Waals surface area contributed by atoms with Crippen molar-refractivity contribution in [3.05, 3.63) is 92.8 Å². The number of carbonyl (C=O) groups is 1. The van der Waals surface area contributed by atoms with Gasteiger partial charge in [0.25, 0.3) is 5.56 Å². The topological polar surface area (TPSA) is 86.4 Å². The van der Waals surface area contributed by atoms with E-state index in [1.54, 1.807) is 29.2 Å². The first-order chi connectivity index (χ1) is 19.8. The van der Waals surface area contributed by atoms with Crippen LogP contribution in [0.25, 0.3) is 22.2 Å². The number of pyridine rings is 1. The maximum atomic E-state index is 15.0. The van der Waals surface area contributed by atoms with Crippen LogP contribution in [0.15, 0.2) is 64.3 Å². The number of likely N-dealkylation sites (tertiary alicyclic amines) is 1. The zero-order chi connectivity index (χ0) is 29.1. The first kappa shape index (κ1) is 28.1. The van der Waals surface area contributed by atoms with Gasteiger partial charge in [0.05, 0.1) is 23.1 Å².